The van der Waals surface area contributed by atoms with Gasteiger partial charge in [-0.25, -0.2) is 8.42 Å². The predicted octanol–water partition coefficient (Wildman–Crippen LogP) is 4.57. The Labute approximate surface area is 216 Å². The first-order valence-corrected chi connectivity index (χ1v) is 14.6. The summed E-state index contributed by atoms with van der Waals surface area (Å²) in [5, 5.41) is 2.96. The van der Waals surface area contributed by atoms with Gasteiger partial charge in [0, 0.05) is 26.1 Å². The molecule has 1 N–H and O–H groups in total. The van der Waals surface area contributed by atoms with Crippen LogP contribution >= 0.6 is 0 Å². The molecule has 2 aromatic rings. The molecular formula is C28H41N3O4S. The second-order valence-electron chi connectivity index (χ2n) is 9.36. The molecule has 198 valence electrons. The maximum Gasteiger partial charge on any atom is 0.242 e. The van der Waals surface area contributed by atoms with Crippen LogP contribution in [-0.4, -0.2) is 50.5 Å². The van der Waals surface area contributed by atoms with Crippen LogP contribution in [0.1, 0.15) is 62.6 Å². The van der Waals surface area contributed by atoms with Gasteiger partial charge < -0.3 is 10.2 Å². The van der Waals surface area contributed by atoms with E-state index in [-0.39, 0.29) is 24.8 Å². The van der Waals surface area contributed by atoms with E-state index in [1.807, 2.05) is 69.3 Å². The average Bonchev–Trinajstić information content (AvgIpc) is 2.81. The average molecular weight is 516 g/mol. The first-order chi connectivity index (χ1) is 17.1. The van der Waals surface area contributed by atoms with Gasteiger partial charge in [0.2, 0.25) is 21.8 Å². The highest BCUT2D eigenvalue weighted by molar-refractivity contribution is 7.92. The number of nitrogens with zero attached hydrogens (tertiary/aromatic N) is 2. The third-order valence-electron chi connectivity index (χ3n) is 6.06. The molecule has 0 fully saturated rings. The number of carbonyl (C=O) groups excluding carboxylic acids is 2. The molecule has 2 rings (SSSR count). The van der Waals surface area contributed by atoms with Crippen molar-refractivity contribution in [2.45, 2.75) is 72.4 Å². The lowest BCUT2D eigenvalue weighted by Gasteiger charge is -2.31. The van der Waals surface area contributed by atoms with Crippen molar-refractivity contribution in [2.24, 2.45) is 0 Å². The van der Waals surface area contributed by atoms with Crippen LogP contribution in [0.15, 0.2) is 48.5 Å². The van der Waals surface area contributed by atoms with Gasteiger partial charge in [-0.05, 0) is 61.9 Å². The van der Waals surface area contributed by atoms with Gasteiger partial charge in [-0.2, -0.15) is 0 Å². The molecule has 0 saturated carbocycles. The van der Waals surface area contributed by atoms with Gasteiger partial charge in [0.15, 0.2) is 0 Å². The molecule has 0 saturated heterocycles. The number of hydrogen-bond donors (Lipinski definition) is 1. The van der Waals surface area contributed by atoms with Crippen LogP contribution in [0.5, 0.6) is 0 Å². The Kier molecular flexibility index (Phi) is 11.4. The Hall–Kier alpha value is -2.87. The summed E-state index contributed by atoms with van der Waals surface area (Å²) in [7, 11) is -3.52. The number of hydrogen-bond acceptors (Lipinski definition) is 4. The van der Waals surface area contributed by atoms with E-state index in [1.54, 1.807) is 4.90 Å². The number of amides is 2. The van der Waals surface area contributed by atoms with Crippen molar-refractivity contribution in [2.75, 3.05) is 23.7 Å². The van der Waals surface area contributed by atoms with Crippen molar-refractivity contribution in [1.82, 2.24) is 10.2 Å². The smallest absolute Gasteiger partial charge is 0.242 e. The molecular weight excluding hydrogens is 474 g/mol. The van der Waals surface area contributed by atoms with E-state index in [2.05, 4.69) is 12.2 Å². The monoisotopic (exact) mass is 515 g/mol. The minimum absolute atomic E-state index is 0.141. The highest BCUT2D eigenvalue weighted by Gasteiger charge is 2.28. The molecule has 0 aliphatic carbocycles. The normalized spacial score (nSPS) is 12.1. The molecule has 7 nitrogen and oxygen atoms in total. The summed E-state index contributed by atoms with van der Waals surface area (Å²) in [6.07, 6.45) is 4.02. The van der Waals surface area contributed by atoms with E-state index in [9.17, 15) is 18.0 Å². The topological polar surface area (TPSA) is 86.8 Å². The Morgan fingerprint density at radius 3 is 2.17 bits per heavy atom. The lowest BCUT2D eigenvalue weighted by molar-refractivity contribution is -0.141. The first kappa shape index (κ1) is 29.4. The molecule has 2 amide bonds. The van der Waals surface area contributed by atoms with Crippen molar-refractivity contribution in [3.8, 4) is 0 Å². The molecule has 36 heavy (non-hydrogen) atoms. The standard InChI is InChI=1S/C28H41N3O4S/c1-6-8-16-29-28(33)26(7-2)30(21-24-13-10-9-11-14-24)27(32)15-12-17-31(36(5,34)35)25-19-22(3)18-23(4)20-25/h9-11,13-14,18-20,26H,6-8,12,15-17,21H2,1-5H3,(H,29,33)/t26-/m0/s1. The largest absolute Gasteiger partial charge is 0.354 e. The summed E-state index contributed by atoms with van der Waals surface area (Å²) in [6, 6.07) is 14.7. The lowest BCUT2D eigenvalue weighted by Crippen LogP contribution is -2.49. The van der Waals surface area contributed by atoms with E-state index in [0.717, 1.165) is 29.5 Å². The van der Waals surface area contributed by atoms with Crippen LogP contribution in [-0.2, 0) is 26.2 Å². The number of nitrogens with one attached hydrogen (secondary N) is 1. The fraction of sp³-hybridized carbons (Fsp3) is 0.500. The molecule has 0 aliphatic rings. The van der Waals surface area contributed by atoms with E-state index in [0.29, 0.717) is 31.6 Å². The Morgan fingerprint density at radius 2 is 1.61 bits per heavy atom. The molecule has 8 heteroatoms. The zero-order chi connectivity index (χ0) is 26.7. The van der Waals surface area contributed by atoms with Crippen molar-refractivity contribution in [3.05, 3.63) is 65.2 Å². The zero-order valence-electron chi connectivity index (χ0n) is 22.3. The molecule has 0 aliphatic heterocycles. The highest BCUT2D eigenvalue weighted by atomic mass is 32.2. The van der Waals surface area contributed by atoms with Crippen LogP contribution in [0.3, 0.4) is 0 Å². The second-order valence-corrected chi connectivity index (χ2v) is 11.3. The molecule has 2 aromatic carbocycles. The van der Waals surface area contributed by atoms with Crippen LogP contribution in [0, 0.1) is 13.8 Å². The minimum atomic E-state index is -3.52. The highest BCUT2D eigenvalue weighted by Crippen LogP contribution is 2.22. The van der Waals surface area contributed by atoms with Gasteiger partial charge in [0.25, 0.3) is 0 Å². The molecule has 0 unspecified atom stereocenters. The van der Waals surface area contributed by atoms with Crippen molar-refractivity contribution >= 4 is 27.5 Å². The Bertz CT molecular complexity index is 1080. The zero-order valence-corrected chi connectivity index (χ0v) is 23.1. The minimum Gasteiger partial charge on any atom is -0.354 e. The summed E-state index contributed by atoms with van der Waals surface area (Å²) >= 11 is 0. The Morgan fingerprint density at radius 1 is 0.972 bits per heavy atom. The van der Waals surface area contributed by atoms with E-state index in [4.69, 9.17) is 0 Å². The van der Waals surface area contributed by atoms with E-state index in [1.165, 1.54) is 10.6 Å². The summed E-state index contributed by atoms with van der Waals surface area (Å²) in [6.45, 7) is 8.92. The number of benzene rings is 2. The fourth-order valence-corrected chi connectivity index (χ4v) is 5.25. The maximum atomic E-state index is 13.4. The van der Waals surface area contributed by atoms with E-state index >= 15 is 0 Å². The number of sulfonamides is 1. The van der Waals surface area contributed by atoms with Gasteiger partial charge in [-0.15, -0.1) is 0 Å². The van der Waals surface area contributed by atoms with Crippen LogP contribution in [0.2, 0.25) is 0 Å². The first-order valence-electron chi connectivity index (χ1n) is 12.7. The summed E-state index contributed by atoms with van der Waals surface area (Å²) in [4.78, 5) is 28.0. The van der Waals surface area contributed by atoms with Gasteiger partial charge in [-0.3, -0.25) is 13.9 Å². The van der Waals surface area contributed by atoms with Crippen molar-refractivity contribution in [3.63, 3.8) is 0 Å². The number of unbranched alkanes of at least 4 members (excludes halogenated alkanes) is 1. The van der Waals surface area contributed by atoms with E-state index < -0.39 is 16.1 Å². The lowest BCUT2D eigenvalue weighted by atomic mass is 10.1. The SMILES string of the molecule is CCCCNC(=O)[C@H](CC)N(Cc1ccccc1)C(=O)CCCN(c1cc(C)cc(C)c1)S(C)(=O)=O. The molecule has 1 atom stereocenters. The number of anilines is 1. The summed E-state index contributed by atoms with van der Waals surface area (Å²) in [5.74, 6) is -0.312. The molecule has 0 heterocycles. The third kappa shape index (κ3) is 8.97. The van der Waals surface area contributed by atoms with Crippen LogP contribution in [0.25, 0.3) is 0 Å². The maximum absolute atomic E-state index is 13.4. The molecule has 0 bridgehead atoms. The number of aryl methyl sites for hydroxylation is 2. The quantitative estimate of drug-likeness (QED) is 0.373. The number of carbonyl (C=O) groups is 2. The van der Waals surface area contributed by atoms with Gasteiger partial charge >= 0.3 is 0 Å². The van der Waals surface area contributed by atoms with Crippen LogP contribution in [0.4, 0.5) is 5.69 Å². The van der Waals surface area contributed by atoms with Crippen molar-refractivity contribution in [1.29, 1.82) is 0 Å². The van der Waals surface area contributed by atoms with Gasteiger partial charge in [0.05, 0.1) is 11.9 Å². The molecule has 0 spiro atoms. The molecule has 0 radical (unpaired) electrons. The summed E-state index contributed by atoms with van der Waals surface area (Å²) in [5.41, 5.74) is 3.50. The molecule has 0 aromatic heterocycles. The van der Waals surface area contributed by atoms with Crippen molar-refractivity contribution < 1.29 is 18.0 Å². The van der Waals surface area contributed by atoms with Gasteiger partial charge in [0.1, 0.15) is 6.04 Å². The predicted molar refractivity (Wildman–Crippen MR) is 146 cm³/mol. The second kappa shape index (κ2) is 14.0. The number of rotatable bonds is 14. The fourth-order valence-electron chi connectivity index (χ4n) is 4.30. The van der Waals surface area contributed by atoms with Crippen LogP contribution < -0.4 is 9.62 Å². The van der Waals surface area contributed by atoms with Gasteiger partial charge in [-0.1, -0.05) is 56.7 Å². The Balaban J connectivity index is 2.19. The third-order valence-corrected chi connectivity index (χ3v) is 7.25. The summed E-state index contributed by atoms with van der Waals surface area (Å²) < 4.78 is 26.5.